The van der Waals surface area contributed by atoms with Crippen molar-refractivity contribution in [1.82, 2.24) is 0 Å². The molecule has 0 heterocycles. The number of methoxy groups -OCH3 is 2. The van der Waals surface area contributed by atoms with E-state index in [1.54, 1.807) is 30.3 Å². The van der Waals surface area contributed by atoms with Crippen LogP contribution in [0.2, 0.25) is 20.1 Å². The molecule has 4 aromatic rings. The fraction of sp³-hybridized carbons (Fsp3) is 0.0769. The van der Waals surface area contributed by atoms with Crippen LogP contribution in [0.15, 0.2) is 79.4 Å². The van der Waals surface area contributed by atoms with Gasteiger partial charge in [0.15, 0.2) is 22.6 Å². The maximum atomic E-state index is 11.6. The average Bonchev–Trinajstić information content (AvgIpc) is 2.92. The van der Waals surface area contributed by atoms with Crippen LogP contribution in [0.4, 0.5) is 0 Å². The van der Waals surface area contributed by atoms with E-state index < -0.39 is 20.1 Å². The summed E-state index contributed by atoms with van der Waals surface area (Å²) in [6.45, 7) is 0. The van der Waals surface area contributed by atoms with E-state index in [9.17, 15) is 17.2 Å². The SMILES string of the molecule is COc1ccc(Oc2c(Cl)cc(Br)cc2Cl)cc1S(=O)(=O)Cl.COc1ccc(Oc2c(Cl)cc(Br)cc2Cl)cc1S(=O)O. The first-order valence-electron chi connectivity index (χ1n) is 11.2. The highest BCUT2D eigenvalue weighted by Crippen LogP contribution is 2.41. The van der Waals surface area contributed by atoms with E-state index in [4.69, 9.17) is 76.0 Å². The molecule has 43 heavy (non-hydrogen) atoms. The molecule has 230 valence electrons. The quantitative estimate of drug-likeness (QED) is 0.138. The van der Waals surface area contributed by atoms with E-state index in [-0.39, 0.29) is 48.6 Å². The Morgan fingerprint density at radius 2 is 1.09 bits per heavy atom. The Morgan fingerprint density at radius 1 is 0.698 bits per heavy atom. The summed E-state index contributed by atoms with van der Waals surface area (Å²) in [5.74, 6) is 1.38. The third-order valence-electron chi connectivity index (χ3n) is 5.09. The zero-order valence-corrected chi connectivity index (χ0v) is 30.1. The zero-order valence-electron chi connectivity index (χ0n) is 21.5. The van der Waals surface area contributed by atoms with Crippen molar-refractivity contribution >= 4 is 109 Å². The van der Waals surface area contributed by atoms with Crippen LogP contribution in [0.5, 0.6) is 34.5 Å². The Balaban J connectivity index is 0.000000236. The molecule has 0 saturated heterocycles. The first-order valence-corrected chi connectivity index (χ1v) is 17.7. The fourth-order valence-electron chi connectivity index (χ4n) is 3.26. The third kappa shape index (κ3) is 9.77. The van der Waals surface area contributed by atoms with Crippen LogP contribution >= 0.6 is 88.9 Å². The zero-order chi connectivity index (χ0) is 32.1. The molecular weight excluding hydrogens is 841 g/mol. The topological polar surface area (TPSA) is 108 Å². The Hall–Kier alpha value is -1.45. The summed E-state index contributed by atoms with van der Waals surface area (Å²) in [5.41, 5.74) is 0. The van der Waals surface area contributed by atoms with E-state index >= 15 is 0 Å². The van der Waals surface area contributed by atoms with E-state index in [1.807, 2.05) is 0 Å². The maximum Gasteiger partial charge on any atom is 0.265 e. The summed E-state index contributed by atoms with van der Waals surface area (Å²) < 4.78 is 66.2. The van der Waals surface area contributed by atoms with Gasteiger partial charge >= 0.3 is 0 Å². The molecule has 0 aliphatic carbocycles. The van der Waals surface area contributed by atoms with Crippen LogP contribution in [-0.2, 0) is 20.1 Å². The second-order valence-corrected chi connectivity index (χ2v) is 14.8. The molecule has 1 atom stereocenters. The summed E-state index contributed by atoms with van der Waals surface area (Å²) in [4.78, 5) is -0.113. The van der Waals surface area contributed by atoms with Gasteiger partial charge in [-0.15, -0.1) is 0 Å². The molecule has 0 spiro atoms. The molecule has 0 aliphatic rings. The average molecular weight is 859 g/mol. The molecule has 0 radical (unpaired) electrons. The van der Waals surface area contributed by atoms with Crippen molar-refractivity contribution in [2.75, 3.05) is 14.2 Å². The molecule has 17 heteroatoms. The highest BCUT2D eigenvalue weighted by Gasteiger charge is 2.19. The smallest absolute Gasteiger partial charge is 0.265 e. The van der Waals surface area contributed by atoms with Gasteiger partial charge in [0.05, 0.1) is 34.3 Å². The summed E-state index contributed by atoms with van der Waals surface area (Å²) in [6.07, 6.45) is 0. The molecule has 0 fully saturated rings. The molecule has 0 aromatic heterocycles. The molecule has 0 amide bonds. The first-order chi connectivity index (χ1) is 20.1. The lowest BCUT2D eigenvalue weighted by molar-refractivity contribution is 0.399. The van der Waals surface area contributed by atoms with Crippen LogP contribution in [0, 0.1) is 0 Å². The minimum absolute atomic E-state index is 0.0966. The first kappa shape index (κ1) is 36.0. The van der Waals surface area contributed by atoms with Crippen molar-refractivity contribution in [3.8, 4) is 34.5 Å². The van der Waals surface area contributed by atoms with E-state index in [1.165, 1.54) is 44.6 Å². The van der Waals surface area contributed by atoms with Crippen molar-refractivity contribution in [3.63, 3.8) is 0 Å². The second-order valence-electron chi connectivity index (χ2n) is 7.91. The van der Waals surface area contributed by atoms with E-state index in [0.29, 0.717) is 20.3 Å². The second kappa shape index (κ2) is 15.7. The van der Waals surface area contributed by atoms with Crippen molar-refractivity contribution in [1.29, 1.82) is 0 Å². The number of halogens is 7. The fourth-order valence-corrected chi connectivity index (χ4v) is 7.38. The number of ether oxygens (including phenoxy) is 4. The summed E-state index contributed by atoms with van der Waals surface area (Å²) in [7, 11) is 4.13. The molecule has 4 rings (SSSR count). The third-order valence-corrected chi connectivity index (χ3v) is 9.16. The monoisotopic (exact) mass is 854 g/mol. The normalized spacial score (nSPS) is 11.7. The molecule has 0 saturated carbocycles. The Bertz CT molecular complexity index is 1750. The standard InChI is InChI=1S/C13H8BrCl3O4S.C13H9BrCl2O4S/c1-20-11-3-2-8(6-12(11)22(17,18)19)21-13-9(15)4-7(14)5-10(13)16;1-19-11-3-2-8(6-12(11)21(17)18)20-13-9(15)4-7(14)5-10(13)16/h2-6H,1H3;2-6H,1H3,(H,17,18). The Kier molecular flexibility index (Phi) is 13.2. The Morgan fingerprint density at radius 3 is 1.47 bits per heavy atom. The van der Waals surface area contributed by atoms with E-state index in [2.05, 4.69) is 31.9 Å². The number of hydrogen-bond donors (Lipinski definition) is 1. The van der Waals surface area contributed by atoms with Gasteiger partial charge < -0.3 is 23.5 Å². The van der Waals surface area contributed by atoms with Crippen LogP contribution in [-0.4, -0.2) is 31.4 Å². The molecule has 4 aromatic carbocycles. The largest absolute Gasteiger partial charge is 0.495 e. The predicted octanol–water partition coefficient (Wildman–Crippen LogP) is 10.6. The minimum atomic E-state index is -3.99. The van der Waals surface area contributed by atoms with Crippen LogP contribution in [0.25, 0.3) is 0 Å². The van der Waals surface area contributed by atoms with Crippen LogP contribution in [0.3, 0.4) is 0 Å². The maximum absolute atomic E-state index is 11.6. The van der Waals surface area contributed by atoms with Gasteiger partial charge in [0.25, 0.3) is 9.05 Å². The van der Waals surface area contributed by atoms with Gasteiger partial charge in [-0.05, 0) is 48.5 Å². The molecule has 0 aliphatic heterocycles. The number of rotatable bonds is 8. The van der Waals surface area contributed by atoms with Gasteiger partial charge in [-0.25, -0.2) is 12.6 Å². The molecule has 8 nitrogen and oxygen atoms in total. The summed E-state index contributed by atoms with van der Waals surface area (Å²) >= 11 is 28.6. The number of hydrogen-bond acceptors (Lipinski definition) is 7. The molecule has 0 bridgehead atoms. The minimum Gasteiger partial charge on any atom is -0.495 e. The number of benzene rings is 4. The van der Waals surface area contributed by atoms with Gasteiger partial charge in [0.1, 0.15) is 32.8 Å². The highest BCUT2D eigenvalue weighted by atomic mass is 79.9. The molecule has 1 unspecified atom stereocenters. The van der Waals surface area contributed by atoms with E-state index in [0.717, 1.165) is 4.47 Å². The highest BCUT2D eigenvalue weighted by molar-refractivity contribution is 9.10. The lowest BCUT2D eigenvalue weighted by Crippen LogP contribution is -1.97. The van der Waals surface area contributed by atoms with Crippen molar-refractivity contribution in [2.45, 2.75) is 9.79 Å². The predicted molar refractivity (Wildman–Crippen MR) is 177 cm³/mol. The van der Waals surface area contributed by atoms with Gasteiger partial charge in [-0.2, -0.15) is 0 Å². The lowest BCUT2D eigenvalue weighted by atomic mass is 10.3. The van der Waals surface area contributed by atoms with Gasteiger partial charge in [0.2, 0.25) is 0 Å². The van der Waals surface area contributed by atoms with Gasteiger partial charge in [-0.3, -0.25) is 0 Å². The van der Waals surface area contributed by atoms with Crippen LogP contribution in [0.1, 0.15) is 0 Å². The van der Waals surface area contributed by atoms with Crippen molar-refractivity contribution in [3.05, 3.63) is 89.7 Å². The molecular formula is C26H17Br2Cl5O8S2. The van der Waals surface area contributed by atoms with Crippen LogP contribution < -0.4 is 18.9 Å². The summed E-state index contributed by atoms with van der Waals surface area (Å²) in [6, 6.07) is 15.2. The van der Waals surface area contributed by atoms with Crippen molar-refractivity contribution in [2.24, 2.45) is 0 Å². The Labute approximate surface area is 291 Å². The lowest BCUT2D eigenvalue weighted by Gasteiger charge is -2.12. The molecule has 1 N–H and O–H groups in total. The summed E-state index contributed by atoms with van der Waals surface area (Å²) in [5, 5.41) is 1.17. The van der Waals surface area contributed by atoms with Gasteiger partial charge in [-0.1, -0.05) is 78.3 Å². The van der Waals surface area contributed by atoms with Crippen molar-refractivity contribution < 1.29 is 36.1 Å². The van der Waals surface area contributed by atoms with Gasteiger partial charge in [0, 0.05) is 31.8 Å².